The molecule has 1 N–H and O–H groups in total. The van der Waals surface area contributed by atoms with Crippen molar-refractivity contribution in [2.75, 3.05) is 52.2 Å². The van der Waals surface area contributed by atoms with E-state index in [9.17, 15) is 0 Å². The van der Waals surface area contributed by atoms with Gasteiger partial charge in [-0.15, -0.1) is 24.0 Å². The van der Waals surface area contributed by atoms with E-state index in [4.69, 9.17) is 4.74 Å². The van der Waals surface area contributed by atoms with Gasteiger partial charge in [-0.25, -0.2) is 0 Å². The summed E-state index contributed by atoms with van der Waals surface area (Å²) in [7, 11) is 1.93. The number of hydrogen-bond donors (Lipinski definition) is 1. The molecule has 7 heteroatoms. The van der Waals surface area contributed by atoms with Crippen molar-refractivity contribution < 1.29 is 4.74 Å². The van der Waals surface area contributed by atoms with E-state index in [2.05, 4.69) is 45.7 Å². The lowest BCUT2D eigenvalue weighted by molar-refractivity contribution is -0.0175. The molecule has 0 aromatic heterocycles. The van der Waals surface area contributed by atoms with Gasteiger partial charge in [0.25, 0.3) is 0 Å². The van der Waals surface area contributed by atoms with Gasteiger partial charge in [0.05, 0.1) is 13.2 Å². The van der Waals surface area contributed by atoms with E-state index in [1.807, 2.05) is 7.05 Å². The molecular weight excluding hydrogens is 459 g/mol. The Bertz CT molecular complexity index is 453. The highest BCUT2D eigenvalue weighted by Crippen LogP contribution is 2.42. The molecule has 2 saturated heterocycles. The second-order valence-corrected chi connectivity index (χ2v) is 9.52. The first-order valence-corrected chi connectivity index (χ1v) is 11.1. The lowest BCUT2D eigenvalue weighted by Gasteiger charge is -2.46. The van der Waals surface area contributed by atoms with Crippen LogP contribution in [-0.4, -0.2) is 84.8 Å². The Kier molecular flexibility index (Phi) is 9.30. The third-order valence-electron chi connectivity index (χ3n) is 6.07. The number of guanidine groups is 1. The minimum Gasteiger partial charge on any atom is -0.379 e. The topological polar surface area (TPSA) is 40.1 Å². The Labute approximate surface area is 181 Å². The van der Waals surface area contributed by atoms with Crippen LogP contribution in [0.3, 0.4) is 0 Å². The summed E-state index contributed by atoms with van der Waals surface area (Å²) in [4.78, 5) is 9.67. The maximum absolute atomic E-state index is 5.57. The van der Waals surface area contributed by atoms with Gasteiger partial charge >= 0.3 is 0 Å². The molecule has 2 atom stereocenters. The van der Waals surface area contributed by atoms with Crippen molar-refractivity contribution in [3.8, 4) is 0 Å². The predicted molar refractivity (Wildman–Crippen MR) is 123 cm³/mol. The van der Waals surface area contributed by atoms with E-state index in [0.717, 1.165) is 38.8 Å². The summed E-state index contributed by atoms with van der Waals surface area (Å²) in [5.41, 5.74) is 0. The number of nitrogens with zero attached hydrogens (tertiary/aromatic N) is 3. The number of halogens is 1. The molecule has 1 saturated carbocycles. The fraction of sp³-hybridized carbons (Fsp3) is 0.947. The van der Waals surface area contributed by atoms with Crippen molar-refractivity contribution in [2.24, 2.45) is 4.99 Å². The lowest BCUT2D eigenvalue weighted by atomic mass is 9.87. The van der Waals surface area contributed by atoms with Gasteiger partial charge in [-0.2, -0.15) is 11.8 Å². The maximum atomic E-state index is 5.57. The molecule has 152 valence electrons. The van der Waals surface area contributed by atoms with E-state index >= 15 is 0 Å². The smallest absolute Gasteiger partial charge is 0.193 e. The molecule has 1 spiro atoms. The molecule has 0 bridgehead atoms. The van der Waals surface area contributed by atoms with Crippen LogP contribution >= 0.6 is 35.7 Å². The fourth-order valence-corrected chi connectivity index (χ4v) is 6.18. The van der Waals surface area contributed by atoms with Gasteiger partial charge in [-0.1, -0.05) is 19.3 Å². The van der Waals surface area contributed by atoms with Crippen LogP contribution in [0.15, 0.2) is 4.99 Å². The number of nitrogens with one attached hydrogen (secondary N) is 1. The normalized spacial score (nSPS) is 28.5. The average molecular weight is 497 g/mol. The van der Waals surface area contributed by atoms with Gasteiger partial charge in [0.1, 0.15) is 0 Å². The lowest BCUT2D eigenvalue weighted by Crippen LogP contribution is -2.56. The van der Waals surface area contributed by atoms with E-state index < -0.39 is 0 Å². The molecular formula is C19H37IN4OS. The summed E-state index contributed by atoms with van der Waals surface area (Å²) in [6.45, 7) is 10.6. The third-order valence-corrected chi connectivity index (χ3v) is 7.60. The first kappa shape index (κ1) is 22.6. The summed E-state index contributed by atoms with van der Waals surface area (Å²) in [6.07, 6.45) is 6.99. The Balaban J connectivity index is 0.00000243. The van der Waals surface area contributed by atoms with Crippen LogP contribution in [0.1, 0.15) is 46.0 Å². The zero-order valence-electron chi connectivity index (χ0n) is 16.7. The largest absolute Gasteiger partial charge is 0.379 e. The van der Waals surface area contributed by atoms with Gasteiger partial charge < -0.3 is 15.0 Å². The molecule has 3 rings (SSSR count). The minimum atomic E-state index is 0. The van der Waals surface area contributed by atoms with E-state index in [0.29, 0.717) is 16.8 Å². The number of aliphatic imine (C=N–C) groups is 1. The number of morpholine rings is 1. The van der Waals surface area contributed by atoms with Crippen molar-refractivity contribution in [3.05, 3.63) is 0 Å². The minimum absolute atomic E-state index is 0. The molecule has 3 aliphatic rings. The second-order valence-electron chi connectivity index (χ2n) is 7.95. The highest BCUT2D eigenvalue weighted by Gasteiger charge is 2.38. The Morgan fingerprint density at radius 1 is 1.31 bits per heavy atom. The Hall–Kier alpha value is 0.270. The van der Waals surface area contributed by atoms with Gasteiger partial charge in [0.15, 0.2) is 5.96 Å². The van der Waals surface area contributed by atoms with Crippen molar-refractivity contribution in [1.29, 1.82) is 0 Å². The Morgan fingerprint density at radius 2 is 2.08 bits per heavy atom. The molecule has 2 aliphatic heterocycles. The van der Waals surface area contributed by atoms with E-state index in [1.165, 1.54) is 44.4 Å². The van der Waals surface area contributed by atoms with Crippen LogP contribution in [0.2, 0.25) is 0 Å². The SMILES string of the molecule is CN=C(NCC(C)N1CCOCC1C)N1CCSC2(CCCCC2)C1.I. The number of rotatable bonds is 3. The summed E-state index contributed by atoms with van der Waals surface area (Å²) in [5.74, 6) is 2.33. The van der Waals surface area contributed by atoms with Crippen LogP contribution in [-0.2, 0) is 4.74 Å². The highest BCUT2D eigenvalue weighted by molar-refractivity contribution is 14.0. The number of ether oxygens (including phenoxy) is 1. The van der Waals surface area contributed by atoms with Gasteiger partial charge in [0, 0.05) is 55.8 Å². The molecule has 2 heterocycles. The molecule has 5 nitrogen and oxygen atoms in total. The zero-order chi connectivity index (χ0) is 17.7. The highest BCUT2D eigenvalue weighted by atomic mass is 127. The number of thioether (sulfide) groups is 1. The molecule has 0 amide bonds. The van der Waals surface area contributed by atoms with Crippen molar-refractivity contribution >= 4 is 41.7 Å². The summed E-state index contributed by atoms with van der Waals surface area (Å²) in [6, 6.07) is 1.00. The van der Waals surface area contributed by atoms with Gasteiger partial charge in [-0.05, 0) is 26.7 Å². The molecule has 1 aliphatic carbocycles. The van der Waals surface area contributed by atoms with Crippen LogP contribution in [0.4, 0.5) is 0 Å². The van der Waals surface area contributed by atoms with E-state index in [1.54, 1.807) is 0 Å². The molecule has 2 unspecified atom stereocenters. The summed E-state index contributed by atoms with van der Waals surface area (Å²) < 4.78 is 6.06. The molecule has 0 aromatic rings. The zero-order valence-corrected chi connectivity index (χ0v) is 19.9. The fourth-order valence-electron chi connectivity index (χ4n) is 4.61. The molecule has 0 aromatic carbocycles. The molecule has 3 fully saturated rings. The molecule has 0 radical (unpaired) electrons. The standard InChI is InChI=1S/C19H36N4OS.HI/c1-16(23-9-11-24-14-17(23)2)13-21-18(20-3)22-10-12-25-19(15-22)7-5-4-6-8-19;/h16-17H,4-15H2,1-3H3,(H,20,21);1H. The molecule has 26 heavy (non-hydrogen) atoms. The summed E-state index contributed by atoms with van der Waals surface area (Å²) in [5, 5.41) is 3.66. The van der Waals surface area contributed by atoms with Crippen LogP contribution in [0, 0.1) is 0 Å². The van der Waals surface area contributed by atoms with Crippen LogP contribution in [0.25, 0.3) is 0 Å². The number of hydrogen-bond acceptors (Lipinski definition) is 4. The maximum Gasteiger partial charge on any atom is 0.193 e. The van der Waals surface area contributed by atoms with Crippen LogP contribution in [0.5, 0.6) is 0 Å². The van der Waals surface area contributed by atoms with Crippen molar-refractivity contribution in [1.82, 2.24) is 15.1 Å². The second kappa shape index (κ2) is 10.7. The predicted octanol–water partition coefficient (Wildman–Crippen LogP) is 3.04. The Morgan fingerprint density at radius 3 is 2.77 bits per heavy atom. The van der Waals surface area contributed by atoms with Gasteiger partial charge in [-0.3, -0.25) is 9.89 Å². The summed E-state index contributed by atoms with van der Waals surface area (Å²) >= 11 is 2.22. The van der Waals surface area contributed by atoms with Gasteiger partial charge in [0.2, 0.25) is 0 Å². The van der Waals surface area contributed by atoms with Crippen LogP contribution < -0.4 is 5.32 Å². The van der Waals surface area contributed by atoms with Crippen molar-refractivity contribution in [2.45, 2.75) is 62.8 Å². The first-order chi connectivity index (χ1) is 12.1. The van der Waals surface area contributed by atoms with E-state index in [-0.39, 0.29) is 24.0 Å². The monoisotopic (exact) mass is 496 g/mol. The first-order valence-electron chi connectivity index (χ1n) is 10.1. The third kappa shape index (κ3) is 5.64. The average Bonchev–Trinajstić information content (AvgIpc) is 2.63. The van der Waals surface area contributed by atoms with Crippen molar-refractivity contribution in [3.63, 3.8) is 0 Å². The quantitative estimate of drug-likeness (QED) is 0.370.